The van der Waals surface area contributed by atoms with E-state index in [2.05, 4.69) is 5.32 Å². The van der Waals surface area contributed by atoms with Gasteiger partial charge in [0.05, 0.1) is 6.04 Å². The van der Waals surface area contributed by atoms with Gasteiger partial charge in [0.2, 0.25) is 5.91 Å². The van der Waals surface area contributed by atoms with Crippen molar-refractivity contribution in [3.63, 3.8) is 0 Å². The van der Waals surface area contributed by atoms with Crippen LogP contribution < -0.4 is 10.2 Å². The number of nitrogens with zero attached hydrogens (tertiary/aromatic N) is 1. The number of hydrogen-bond donors (Lipinski definition) is 2. The van der Waals surface area contributed by atoms with Gasteiger partial charge in [0.15, 0.2) is 0 Å². The largest absolute Gasteiger partial charge is 0.480 e. The number of anilines is 1. The molecule has 0 aromatic heterocycles. The number of carboxylic acids is 1. The van der Waals surface area contributed by atoms with Crippen LogP contribution >= 0.6 is 0 Å². The number of aliphatic carboxylic acids is 1. The number of nitrogens with one attached hydrogen (secondary N) is 1. The first-order valence-electron chi connectivity index (χ1n) is 8.09. The predicted octanol–water partition coefficient (Wildman–Crippen LogP) is 2.35. The Hall–Kier alpha value is -2.73. The molecule has 2 aromatic carbocycles. The van der Waals surface area contributed by atoms with Crippen LogP contribution in [0.3, 0.4) is 0 Å². The Kier molecular flexibility index (Phi) is 4.81. The number of benzene rings is 2. The molecule has 0 bridgehead atoms. The molecular weight excluding hydrogens is 323 g/mol. The van der Waals surface area contributed by atoms with E-state index in [0.29, 0.717) is 18.7 Å². The molecule has 130 valence electrons. The van der Waals surface area contributed by atoms with Gasteiger partial charge in [0, 0.05) is 12.2 Å². The second-order valence-corrected chi connectivity index (χ2v) is 6.11. The molecule has 5 nitrogen and oxygen atoms in total. The van der Waals surface area contributed by atoms with Crippen molar-refractivity contribution in [2.75, 3.05) is 4.90 Å². The van der Waals surface area contributed by atoms with Crippen molar-refractivity contribution < 1.29 is 19.1 Å². The lowest BCUT2D eigenvalue weighted by Gasteiger charge is -2.33. The minimum atomic E-state index is -1.12. The molecule has 2 N–H and O–H groups in total. The van der Waals surface area contributed by atoms with Crippen molar-refractivity contribution in [1.29, 1.82) is 0 Å². The summed E-state index contributed by atoms with van der Waals surface area (Å²) in [7, 11) is 0. The van der Waals surface area contributed by atoms with Crippen LogP contribution in [0.2, 0.25) is 0 Å². The molecule has 1 amide bonds. The maximum absolute atomic E-state index is 13.2. The number of hydrogen-bond acceptors (Lipinski definition) is 3. The van der Waals surface area contributed by atoms with Gasteiger partial charge in [-0.1, -0.05) is 24.3 Å². The molecule has 1 unspecified atom stereocenters. The molecule has 6 heteroatoms. The molecule has 2 atom stereocenters. The van der Waals surface area contributed by atoms with Crippen LogP contribution in [-0.2, 0) is 22.6 Å². The summed E-state index contributed by atoms with van der Waals surface area (Å²) in [4.78, 5) is 25.7. The van der Waals surface area contributed by atoms with Gasteiger partial charge < -0.3 is 10.4 Å². The number of carboxylic acid groups (broad SMARTS) is 1. The summed E-state index contributed by atoms with van der Waals surface area (Å²) in [6, 6.07) is 11.5. The predicted molar refractivity (Wildman–Crippen MR) is 91.8 cm³/mol. The maximum Gasteiger partial charge on any atom is 0.326 e. The Morgan fingerprint density at radius 3 is 2.44 bits per heavy atom. The second kappa shape index (κ2) is 7.03. The zero-order chi connectivity index (χ0) is 18.0. The van der Waals surface area contributed by atoms with E-state index in [1.54, 1.807) is 0 Å². The van der Waals surface area contributed by atoms with Gasteiger partial charge in [-0.15, -0.1) is 0 Å². The highest BCUT2D eigenvalue weighted by atomic mass is 19.1. The number of amides is 1. The summed E-state index contributed by atoms with van der Waals surface area (Å²) >= 11 is 0. The number of carbonyl (C=O) groups is 2. The first-order chi connectivity index (χ1) is 12.0. The van der Waals surface area contributed by atoms with E-state index >= 15 is 0 Å². The Morgan fingerprint density at radius 2 is 1.80 bits per heavy atom. The third-order valence-corrected chi connectivity index (χ3v) is 4.47. The standard InChI is InChI=1S/C19H19FN2O3/c1-12(19(24)25)22(16-8-6-15(20)7-9-16)18(23)17-10-13-4-2-3-5-14(13)11-21-17/h2-9,12,17,21H,10-11H2,1H3,(H,24,25)/t12?,17-/m0/s1. The van der Waals surface area contributed by atoms with Gasteiger partial charge in [0.25, 0.3) is 0 Å². The third kappa shape index (κ3) is 3.53. The van der Waals surface area contributed by atoms with Crippen molar-refractivity contribution >= 4 is 17.6 Å². The van der Waals surface area contributed by atoms with Crippen LogP contribution in [0.25, 0.3) is 0 Å². The zero-order valence-electron chi connectivity index (χ0n) is 13.8. The van der Waals surface area contributed by atoms with E-state index in [4.69, 9.17) is 0 Å². The normalized spacial score (nSPS) is 17.4. The maximum atomic E-state index is 13.2. The molecule has 0 radical (unpaired) electrons. The molecule has 1 aliphatic rings. The topological polar surface area (TPSA) is 69.6 Å². The van der Waals surface area contributed by atoms with Crippen LogP contribution in [-0.4, -0.2) is 29.1 Å². The van der Waals surface area contributed by atoms with E-state index in [1.165, 1.54) is 36.1 Å². The van der Waals surface area contributed by atoms with E-state index in [0.717, 1.165) is 11.1 Å². The summed E-state index contributed by atoms with van der Waals surface area (Å²) in [6.45, 7) is 1.99. The van der Waals surface area contributed by atoms with Crippen LogP contribution in [0.15, 0.2) is 48.5 Å². The van der Waals surface area contributed by atoms with E-state index in [-0.39, 0.29) is 5.91 Å². The van der Waals surface area contributed by atoms with Crippen LogP contribution in [0.1, 0.15) is 18.1 Å². The molecule has 3 rings (SSSR count). The van der Waals surface area contributed by atoms with Crippen molar-refractivity contribution in [2.45, 2.75) is 32.0 Å². The molecule has 2 aromatic rings. The first kappa shape index (κ1) is 17.1. The fraction of sp³-hybridized carbons (Fsp3) is 0.263. The van der Waals surface area contributed by atoms with Crippen molar-refractivity contribution in [3.05, 3.63) is 65.5 Å². The van der Waals surface area contributed by atoms with Crippen LogP contribution in [0, 0.1) is 5.82 Å². The molecular formula is C19H19FN2O3. The van der Waals surface area contributed by atoms with E-state index in [1.807, 2.05) is 24.3 Å². The Morgan fingerprint density at radius 1 is 1.16 bits per heavy atom. The highest BCUT2D eigenvalue weighted by Crippen LogP contribution is 2.23. The fourth-order valence-corrected chi connectivity index (χ4v) is 3.05. The summed E-state index contributed by atoms with van der Waals surface area (Å²) in [6.07, 6.45) is 0.485. The van der Waals surface area contributed by atoms with Crippen molar-refractivity contribution in [1.82, 2.24) is 5.32 Å². The smallest absolute Gasteiger partial charge is 0.326 e. The lowest BCUT2D eigenvalue weighted by molar-refractivity contribution is -0.139. The van der Waals surface area contributed by atoms with Gasteiger partial charge in [-0.3, -0.25) is 9.69 Å². The highest BCUT2D eigenvalue weighted by molar-refractivity contribution is 6.02. The summed E-state index contributed by atoms with van der Waals surface area (Å²) in [5, 5.41) is 12.6. The van der Waals surface area contributed by atoms with Crippen LogP contribution in [0.5, 0.6) is 0 Å². The summed E-state index contributed by atoms with van der Waals surface area (Å²) < 4.78 is 13.2. The first-order valence-corrected chi connectivity index (χ1v) is 8.09. The lowest BCUT2D eigenvalue weighted by Crippen LogP contribution is -2.54. The quantitative estimate of drug-likeness (QED) is 0.895. The average molecular weight is 342 g/mol. The number of carbonyl (C=O) groups excluding carboxylic acids is 1. The lowest BCUT2D eigenvalue weighted by atomic mass is 9.94. The second-order valence-electron chi connectivity index (χ2n) is 6.11. The Bertz CT molecular complexity index is 792. The number of rotatable bonds is 4. The Balaban J connectivity index is 1.89. The Labute approximate surface area is 145 Å². The van der Waals surface area contributed by atoms with E-state index in [9.17, 15) is 19.1 Å². The number of fused-ring (bicyclic) bond motifs is 1. The molecule has 1 aliphatic heterocycles. The van der Waals surface area contributed by atoms with E-state index < -0.39 is 23.9 Å². The molecule has 0 saturated carbocycles. The SMILES string of the molecule is CC(C(=O)O)N(C(=O)[C@@H]1Cc2ccccc2CN1)c1ccc(F)cc1. The summed E-state index contributed by atoms with van der Waals surface area (Å²) in [5.74, 6) is -1.89. The highest BCUT2D eigenvalue weighted by Gasteiger charge is 2.33. The van der Waals surface area contributed by atoms with Crippen LogP contribution in [0.4, 0.5) is 10.1 Å². The summed E-state index contributed by atoms with van der Waals surface area (Å²) in [5.41, 5.74) is 2.56. The molecule has 0 spiro atoms. The van der Waals surface area contributed by atoms with Gasteiger partial charge in [-0.25, -0.2) is 9.18 Å². The molecule has 0 saturated heterocycles. The third-order valence-electron chi connectivity index (χ3n) is 4.47. The van der Waals surface area contributed by atoms with Gasteiger partial charge in [-0.05, 0) is 48.7 Å². The van der Waals surface area contributed by atoms with Gasteiger partial charge in [0.1, 0.15) is 11.9 Å². The molecule has 0 aliphatic carbocycles. The average Bonchev–Trinajstić information content (AvgIpc) is 2.62. The van der Waals surface area contributed by atoms with Crippen molar-refractivity contribution in [2.24, 2.45) is 0 Å². The number of halogens is 1. The fourth-order valence-electron chi connectivity index (χ4n) is 3.05. The monoisotopic (exact) mass is 342 g/mol. The minimum Gasteiger partial charge on any atom is -0.480 e. The van der Waals surface area contributed by atoms with Gasteiger partial charge >= 0.3 is 5.97 Å². The minimum absolute atomic E-state index is 0.337. The molecule has 0 fully saturated rings. The zero-order valence-corrected chi connectivity index (χ0v) is 13.8. The van der Waals surface area contributed by atoms with Gasteiger partial charge in [-0.2, -0.15) is 0 Å². The molecule has 1 heterocycles. The molecule has 25 heavy (non-hydrogen) atoms. The van der Waals surface area contributed by atoms with Crippen molar-refractivity contribution in [3.8, 4) is 0 Å².